The first-order valence-electron chi connectivity index (χ1n) is 8.69. The Hall–Kier alpha value is -2.80. The Kier molecular flexibility index (Phi) is 5.51. The van der Waals surface area contributed by atoms with Crippen molar-refractivity contribution >= 4 is 28.9 Å². The van der Waals surface area contributed by atoms with E-state index >= 15 is 0 Å². The quantitative estimate of drug-likeness (QED) is 0.555. The smallest absolute Gasteiger partial charge is 0.276 e. The predicted molar refractivity (Wildman–Crippen MR) is 109 cm³/mol. The van der Waals surface area contributed by atoms with Crippen LogP contribution in [0.15, 0.2) is 42.5 Å². The molecule has 0 saturated heterocycles. The second-order valence-electron chi connectivity index (χ2n) is 7.06. The normalized spacial score (nSPS) is 13.9. The monoisotopic (exact) mass is 385 g/mol. The molecule has 0 spiro atoms. The van der Waals surface area contributed by atoms with Crippen LogP contribution in [0.25, 0.3) is 0 Å². The van der Waals surface area contributed by atoms with Crippen LogP contribution < -0.4 is 25.6 Å². The fourth-order valence-corrected chi connectivity index (χ4v) is 2.97. The summed E-state index contributed by atoms with van der Waals surface area (Å²) in [5.41, 5.74) is 7.98. The molecule has 0 unspecified atom stereocenters. The third kappa shape index (κ3) is 5.10. The summed E-state index contributed by atoms with van der Waals surface area (Å²) in [6.45, 7) is 5.90. The van der Waals surface area contributed by atoms with Gasteiger partial charge >= 0.3 is 0 Å². The molecular formula is C20H23N3O3S. The standard InChI is InChI=1S/C20H23N3O3S/c1-13-7-9-15(10-8-13)21-19(27)23-22-17(24)12-25-16-6-4-5-14-11-20(2,3)26-18(14)16/h4-10H,11-12H2,1-3H3,(H,22,24)(H2,21,23,27). The summed E-state index contributed by atoms with van der Waals surface area (Å²) in [6, 6.07) is 13.5. The molecule has 7 heteroatoms. The Morgan fingerprint density at radius 2 is 1.93 bits per heavy atom. The number of para-hydroxylation sites is 1. The highest BCUT2D eigenvalue weighted by Gasteiger charge is 2.32. The molecule has 0 aromatic heterocycles. The highest BCUT2D eigenvalue weighted by Crippen LogP contribution is 2.41. The van der Waals surface area contributed by atoms with Crippen molar-refractivity contribution in [2.75, 3.05) is 11.9 Å². The van der Waals surface area contributed by atoms with Crippen LogP contribution in [-0.2, 0) is 11.2 Å². The van der Waals surface area contributed by atoms with Gasteiger partial charge in [0.1, 0.15) is 5.60 Å². The molecular weight excluding hydrogens is 362 g/mol. The number of fused-ring (bicyclic) bond motifs is 1. The third-order valence-corrected chi connectivity index (χ3v) is 4.24. The van der Waals surface area contributed by atoms with Crippen molar-refractivity contribution in [2.45, 2.75) is 32.8 Å². The molecule has 0 saturated carbocycles. The van der Waals surface area contributed by atoms with E-state index in [4.69, 9.17) is 21.7 Å². The zero-order valence-corrected chi connectivity index (χ0v) is 16.4. The van der Waals surface area contributed by atoms with Gasteiger partial charge in [0.05, 0.1) is 0 Å². The lowest BCUT2D eigenvalue weighted by Gasteiger charge is -2.18. The van der Waals surface area contributed by atoms with Gasteiger partial charge in [-0.2, -0.15) is 0 Å². The van der Waals surface area contributed by atoms with E-state index in [1.54, 1.807) is 6.07 Å². The summed E-state index contributed by atoms with van der Waals surface area (Å²) in [6.07, 6.45) is 0.812. The summed E-state index contributed by atoms with van der Waals surface area (Å²) < 4.78 is 11.6. The van der Waals surface area contributed by atoms with Crippen molar-refractivity contribution in [2.24, 2.45) is 0 Å². The van der Waals surface area contributed by atoms with E-state index in [0.717, 1.165) is 23.2 Å². The Labute approximate surface area is 164 Å². The van der Waals surface area contributed by atoms with Gasteiger partial charge in [-0.15, -0.1) is 0 Å². The maximum Gasteiger partial charge on any atom is 0.276 e. The largest absolute Gasteiger partial charge is 0.483 e. The number of carbonyl (C=O) groups is 1. The van der Waals surface area contributed by atoms with Crippen LogP contribution in [0.4, 0.5) is 5.69 Å². The maximum absolute atomic E-state index is 12.0. The van der Waals surface area contributed by atoms with E-state index in [-0.39, 0.29) is 23.2 Å². The lowest BCUT2D eigenvalue weighted by atomic mass is 10.0. The average molecular weight is 385 g/mol. The SMILES string of the molecule is Cc1ccc(NC(=S)NNC(=O)COc2cccc3c2OC(C)(C)C3)cc1. The number of carbonyl (C=O) groups excluding carboxylic acids is 1. The summed E-state index contributed by atoms with van der Waals surface area (Å²) in [7, 11) is 0. The Balaban J connectivity index is 1.46. The predicted octanol–water partition coefficient (Wildman–Crippen LogP) is 3.11. The molecule has 1 aliphatic rings. The fraction of sp³-hybridized carbons (Fsp3) is 0.300. The number of rotatable bonds is 4. The number of hydrogen-bond acceptors (Lipinski definition) is 4. The van der Waals surface area contributed by atoms with E-state index in [0.29, 0.717) is 11.5 Å². The van der Waals surface area contributed by atoms with Crippen LogP contribution in [0, 0.1) is 6.92 Å². The maximum atomic E-state index is 12.0. The number of nitrogens with one attached hydrogen (secondary N) is 3. The number of aryl methyl sites for hydroxylation is 1. The number of benzene rings is 2. The van der Waals surface area contributed by atoms with E-state index in [1.807, 2.05) is 57.2 Å². The molecule has 0 bridgehead atoms. The van der Waals surface area contributed by atoms with Crippen LogP contribution in [0.2, 0.25) is 0 Å². The zero-order valence-electron chi connectivity index (χ0n) is 15.6. The Morgan fingerprint density at radius 1 is 1.19 bits per heavy atom. The van der Waals surface area contributed by atoms with E-state index in [1.165, 1.54) is 0 Å². The van der Waals surface area contributed by atoms with Gasteiger partial charge in [-0.05, 0) is 51.2 Å². The number of thiocarbonyl (C=S) groups is 1. The minimum absolute atomic E-state index is 0.152. The summed E-state index contributed by atoms with van der Waals surface area (Å²) >= 11 is 5.16. The van der Waals surface area contributed by atoms with Crippen LogP contribution in [0.3, 0.4) is 0 Å². The summed E-state index contributed by atoms with van der Waals surface area (Å²) in [5, 5.41) is 3.28. The lowest BCUT2D eigenvalue weighted by Crippen LogP contribution is -2.45. The van der Waals surface area contributed by atoms with E-state index in [9.17, 15) is 4.79 Å². The van der Waals surface area contributed by atoms with Gasteiger partial charge < -0.3 is 14.8 Å². The first-order chi connectivity index (χ1) is 12.8. The Morgan fingerprint density at radius 3 is 2.67 bits per heavy atom. The molecule has 3 rings (SSSR count). The van der Waals surface area contributed by atoms with Crippen molar-refractivity contribution < 1.29 is 14.3 Å². The molecule has 6 nitrogen and oxygen atoms in total. The van der Waals surface area contributed by atoms with Gasteiger partial charge in [0, 0.05) is 17.7 Å². The van der Waals surface area contributed by atoms with Gasteiger partial charge in [0.2, 0.25) is 0 Å². The molecule has 0 aliphatic carbocycles. The second kappa shape index (κ2) is 7.84. The molecule has 1 amide bonds. The van der Waals surface area contributed by atoms with Crippen LogP contribution in [0.1, 0.15) is 25.0 Å². The molecule has 2 aromatic rings. The molecule has 3 N–H and O–H groups in total. The summed E-state index contributed by atoms with van der Waals surface area (Å²) in [5.74, 6) is 0.923. The minimum atomic E-state index is -0.349. The van der Waals surface area contributed by atoms with Crippen LogP contribution in [0.5, 0.6) is 11.5 Å². The second-order valence-corrected chi connectivity index (χ2v) is 7.47. The van der Waals surface area contributed by atoms with Crippen molar-refractivity contribution in [1.82, 2.24) is 10.9 Å². The molecule has 27 heavy (non-hydrogen) atoms. The van der Waals surface area contributed by atoms with Gasteiger partial charge in [0.25, 0.3) is 5.91 Å². The first-order valence-corrected chi connectivity index (χ1v) is 9.09. The number of hydrogen-bond donors (Lipinski definition) is 3. The Bertz CT molecular complexity index is 850. The minimum Gasteiger partial charge on any atom is -0.483 e. The molecule has 142 valence electrons. The molecule has 1 heterocycles. The van der Waals surface area contributed by atoms with E-state index in [2.05, 4.69) is 16.2 Å². The number of anilines is 1. The fourth-order valence-electron chi connectivity index (χ4n) is 2.81. The van der Waals surface area contributed by atoms with Crippen LogP contribution in [-0.4, -0.2) is 23.2 Å². The highest BCUT2D eigenvalue weighted by atomic mass is 32.1. The molecule has 1 aliphatic heterocycles. The topological polar surface area (TPSA) is 71.6 Å². The number of amides is 1. The number of ether oxygens (including phenoxy) is 2. The van der Waals surface area contributed by atoms with Gasteiger partial charge in [0.15, 0.2) is 23.2 Å². The van der Waals surface area contributed by atoms with Crippen molar-refractivity contribution in [3.63, 3.8) is 0 Å². The molecule has 2 aromatic carbocycles. The zero-order chi connectivity index (χ0) is 19.4. The van der Waals surface area contributed by atoms with Crippen molar-refractivity contribution in [3.8, 4) is 11.5 Å². The molecule has 0 radical (unpaired) electrons. The third-order valence-electron chi connectivity index (χ3n) is 4.04. The number of hydrazine groups is 1. The van der Waals surface area contributed by atoms with Crippen LogP contribution >= 0.6 is 12.2 Å². The van der Waals surface area contributed by atoms with Gasteiger partial charge in [-0.1, -0.05) is 29.8 Å². The first kappa shape index (κ1) is 19.0. The summed E-state index contributed by atoms with van der Waals surface area (Å²) in [4.78, 5) is 12.0. The highest BCUT2D eigenvalue weighted by molar-refractivity contribution is 7.80. The van der Waals surface area contributed by atoms with E-state index < -0.39 is 0 Å². The van der Waals surface area contributed by atoms with Crippen molar-refractivity contribution in [1.29, 1.82) is 0 Å². The van der Waals surface area contributed by atoms with Gasteiger partial charge in [-0.25, -0.2) is 0 Å². The van der Waals surface area contributed by atoms with Gasteiger partial charge in [-0.3, -0.25) is 15.6 Å². The molecule has 0 atom stereocenters. The van der Waals surface area contributed by atoms with Crippen molar-refractivity contribution in [3.05, 3.63) is 53.6 Å². The molecule has 0 fully saturated rings. The average Bonchev–Trinajstić information content (AvgIpc) is 2.94. The lowest BCUT2D eigenvalue weighted by molar-refractivity contribution is -0.123.